The predicted molar refractivity (Wildman–Crippen MR) is 69.0 cm³/mol. The molecule has 0 unspecified atom stereocenters. The Labute approximate surface area is 108 Å². The number of hydrogen-bond donors (Lipinski definition) is 1. The van der Waals surface area contributed by atoms with Crippen LogP contribution in [0.5, 0.6) is 0 Å². The monoisotopic (exact) mass is 312 g/mol. The van der Waals surface area contributed by atoms with Gasteiger partial charge in [0, 0.05) is 0 Å². The smallest absolute Gasteiger partial charge is 0.266 e. The molecular formula is C10H5BrN2OS2. The van der Waals surface area contributed by atoms with E-state index in [1.807, 2.05) is 12.1 Å². The Bertz CT molecular complexity index is 567. The molecule has 1 amide bonds. The summed E-state index contributed by atoms with van der Waals surface area (Å²) in [5, 5.41) is 13.9. The Morgan fingerprint density at radius 1 is 1.44 bits per heavy atom. The van der Waals surface area contributed by atoms with Crippen LogP contribution in [0, 0.1) is 11.3 Å². The van der Waals surface area contributed by atoms with Gasteiger partial charge in [0.1, 0.15) is 11.1 Å². The van der Waals surface area contributed by atoms with Crippen molar-refractivity contribution in [3.8, 4) is 6.07 Å². The molecule has 0 bridgehead atoms. The van der Waals surface area contributed by atoms with E-state index in [4.69, 9.17) is 5.26 Å². The maximum Gasteiger partial charge on any atom is 0.266 e. The third-order valence-corrected chi connectivity index (χ3v) is 4.26. The average Bonchev–Trinajstić information content (AvgIpc) is 2.86. The minimum absolute atomic E-state index is 0.186. The third kappa shape index (κ3) is 2.32. The number of anilines is 1. The molecule has 16 heavy (non-hydrogen) atoms. The van der Waals surface area contributed by atoms with Crippen LogP contribution in [-0.4, -0.2) is 5.91 Å². The summed E-state index contributed by atoms with van der Waals surface area (Å²) in [6, 6.07) is 7.27. The summed E-state index contributed by atoms with van der Waals surface area (Å²) in [7, 11) is 0. The summed E-state index contributed by atoms with van der Waals surface area (Å²) in [5.74, 6) is -0.186. The second kappa shape index (κ2) is 4.78. The molecule has 80 valence electrons. The van der Waals surface area contributed by atoms with Crippen molar-refractivity contribution < 1.29 is 4.79 Å². The van der Waals surface area contributed by atoms with Crippen LogP contribution in [0.3, 0.4) is 0 Å². The van der Waals surface area contributed by atoms with Crippen molar-refractivity contribution in [3.63, 3.8) is 0 Å². The highest BCUT2D eigenvalue weighted by atomic mass is 79.9. The van der Waals surface area contributed by atoms with Crippen molar-refractivity contribution in [3.05, 3.63) is 37.8 Å². The predicted octanol–water partition coefficient (Wildman–Crippen LogP) is 3.70. The second-order valence-electron chi connectivity index (χ2n) is 2.83. The van der Waals surface area contributed by atoms with Crippen LogP contribution in [0.1, 0.15) is 15.2 Å². The maximum absolute atomic E-state index is 11.8. The topological polar surface area (TPSA) is 52.9 Å². The maximum atomic E-state index is 11.8. The molecule has 2 rings (SSSR count). The summed E-state index contributed by atoms with van der Waals surface area (Å²) in [6.07, 6.45) is 0. The van der Waals surface area contributed by atoms with E-state index in [0.29, 0.717) is 15.4 Å². The molecule has 0 aromatic carbocycles. The quantitative estimate of drug-likeness (QED) is 0.919. The molecule has 2 heterocycles. The van der Waals surface area contributed by atoms with E-state index in [1.54, 1.807) is 17.5 Å². The lowest BCUT2D eigenvalue weighted by Gasteiger charge is -1.99. The molecule has 6 heteroatoms. The number of thiophene rings is 2. The third-order valence-electron chi connectivity index (χ3n) is 1.81. The molecule has 0 aliphatic rings. The van der Waals surface area contributed by atoms with Gasteiger partial charge in [0.2, 0.25) is 0 Å². The van der Waals surface area contributed by atoms with E-state index in [9.17, 15) is 4.79 Å². The van der Waals surface area contributed by atoms with E-state index in [-0.39, 0.29) is 5.91 Å². The van der Waals surface area contributed by atoms with Gasteiger partial charge < -0.3 is 5.32 Å². The minimum atomic E-state index is -0.186. The Hall–Kier alpha value is -1.16. The zero-order valence-corrected chi connectivity index (χ0v) is 11.1. The molecule has 0 atom stereocenters. The van der Waals surface area contributed by atoms with Gasteiger partial charge in [-0.2, -0.15) is 5.26 Å². The van der Waals surface area contributed by atoms with Crippen molar-refractivity contribution in [1.82, 2.24) is 0 Å². The largest absolute Gasteiger partial charge is 0.312 e. The first-order valence-electron chi connectivity index (χ1n) is 4.25. The fourth-order valence-corrected chi connectivity index (χ4v) is 3.11. The van der Waals surface area contributed by atoms with E-state index < -0.39 is 0 Å². The molecule has 0 aliphatic heterocycles. The highest BCUT2D eigenvalue weighted by Crippen LogP contribution is 2.26. The van der Waals surface area contributed by atoms with E-state index in [2.05, 4.69) is 21.2 Å². The number of hydrogen-bond acceptors (Lipinski definition) is 4. The Kier molecular flexibility index (Phi) is 3.39. The average molecular weight is 313 g/mol. The minimum Gasteiger partial charge on any atom is -0.312 e. The molecule has 2 aromatic rings. The molecule has 0 saturated heterocycles. The SMILES string of the molecule is N#Cc1ccsc1NC(=O)c1ccc(Br)s1. The van der Waals surface area contributed by atoms with Crippen molar-refractivity contribution in [2.24, 2.45) is 0 Å². The Balaban J connectivity index is 2.17. The van der Waals surface area contributed by atoms with Gasteiger partial charge in [-0.15, -0.1) is 22.7 Å². The zero-order chi connectivity index (χ0) is 11.5. The van der Waals surface area contributed by atoms with Crippen molar-refractivity contribution in [1.29, 1.82) is 5.26 Å². The zero-order valence-electron chi connectivity index (χ0n) is 7.86. The number of carbonyl (C=O) groups excluding carboxylic acids is 1. The Morgan fingerprint density at radius 3 is 2.88 bits per heavy atom. The first-order chi connectivity index (χ1) is 7.70. The van der Waals surface area contributed by atoms with Gasteiger partial charge in [0.05, 0.1) is 14.2 Å². The van der Waals surface area contributed by atoms with Crippen molar-refractivity contribution in [2.45, 2.75) is 0 Å². The summed E-state index contributed by atoms with van der Waals surface area (Å²) in [5.41, 5.74) is 0.494. The van der Waals surface area contributed by atoms with Crippen LogP contribution >= 0.6 is 38.6 Å². The molecule has 0 radical (unpaired) electrons. The van der Waals surface area contributed by atoms with Gasteiger partial charge in [-0.1, -0.05) is 0 Å². The highest BCUT2D eigenvalue weighted by molar-refractivity contribution is 9.11. The van der Waals surface area contributed by atoms with Crippen LogP contribution in [0.4, 0.5) is 5.00 Å². The summed E-state index contributed by atoms with van der Waals surface area (Å²) < 4.78 is 0.907. The number of rotatable bonds is 2. The van der Waals surface area contributed by atoms with Gasteiger partial charge in [-0.3, -0.25) is 4.79 Å². The summed E-state index contributed by atoms with van der Waals surface area (Å²) in [4.78, 5) is 12.4. The number of nitriles is 1. The summed E-state index contributed by atoms with van der Waals surface area (Å²) >= 11 is 6.00. The lowest BCUT2D eigenvalue weighted by molar-refractivity contribution is 0.103. The van der Waals surface area contributed by atoms with E-state index in [0.717, 1.165) is 3.79 Å². The van der Waals surface area contributed by atoms with E-state index >= 15 is 0 Å². The standard InChI is InChI=1S/C10H5BrN2OS2/c11-8-2-1-7(16-8)9(14)13-10-6(5-12)3-4-15-10/h1-4H,(H,13,14). The van der Waals surface area contributed by atoms with Crippen molar-refractivity contribution in [2.75, 3.05) is 5.32 Å². The number of nitrogens with zero attached hydrogens (tertiary/aromatic N) is 1. The lowest BCUT2D eigenvalue weighted by atomic mass is 10.3. The molecule has 3 nitrogen and oxygen atoms in total. The fraction of sp³-hybridized carbons (Fsp3) is 0. The van der Waals surface area contributed by atoms with Crippen molar-refractivity contribution >= 4 is 49.5 Å². The van der Waals surface area contributed by atoms with E-state index in [1.165, 1.54) is 22.7 Å². The summed E-state index contributed by atoms with van der Waals surface area (Å²) in [6.45, 7) is 0. The first kappa shape index (κ1) is 11.3. The number of halogens is 1. The first-order valence-corrected chi connectivity index (χ1v) is 6.74. The molecule has 0 fully saturated rings. The molecule has 2 aromatic heterocycles. The Morgan fingerprint density at radius 2 is 2.25 bits per heavy atom. The molecule has 0 spiro atoms. The fourth-order valence-electron chi connectivity index (χ4n) is 1.10. The van der Waals surface area contributed by atoms with Gasteiger partial charge in [-0.05, 0) is 39.5 Å². The van der Waals surface area contributed by atoms with Crippen LogP contribution in [-0.2, 0) is 0 Å². The van der Waals surface area contributed by atoms with Crippen LogP contribution in [0.2, 0.25) is 0 Å². The highest BCUT2D eigenvalue weighted by Gasteiger charge is 2.11. The lowest BCUT2D eigenvalue weighted by Crippen LogP contribution is -2.09. The molecule has 0 aliphatic carbocycles. The normalized spacial score (nSPS) is 9.75. The van der Waals surface area contributed by atoms with Crippen LogP contribution in [0.15, 0.2) is 27.4 Å². The molecular weight excluding hydrogens is 308 g/mol. The van der Waals surface area contributed by atoms with Gasteiger partial charge in [0.15, 0.2) is 0 Å². The number of nitrogens with one attached hydrogen (secondary N) is 1. The van der Waals surface area contributed by atoms with Gasteiger partial charge >= 0.3 is 0 Å². The molecule has 0 saturated carbocycles. The van der Waals surface area contributed by atoms with Crippen LogP contribution in [0.25, 0.3) is 0 Å². The number of amides is 1. The second-order valence-corrected chi connectivity index (χ2v) is 6.21. The van der Waals surface area contributed by atoms with Gasteiger partial charge in [-0.25, -0.2) is 0 Å². The number of carbonyl (C=O) groups is 1. The molecule has 1 N–H and O–H groups in total. The van der Waals surface area contributed by atoms with Crippen LogP contribution < -0.4 is 5.32 Å². The van der Waals surface area contributed by atoms with Gasteiger partial charge in [0.25, 0.3) is 5.91 Å².